The summed E-state index contributed by atoms with van der Waals surface area (Å²) in [7, 11) is 0. The first kappa shape index (κ1) is 13.5. The molecule has 1 saturated heterocycles. The zero-order valence-corrected chi connectivity index (χ0v) is 10.7. The van der Waals surface area contributed by atoms with Gasteiger partial charge in [-0.05, 0) is 40.5 Å². The molecule has 1 heterocycles. The van der Waals surface area contributed by atoms with Gasteiger partial charge in [0.15, 0.2) is 0 Å². The van der Waals surface area contributed by atoms with Gasteiger partial charge in [0.05, 0.1) is 11.2 Å². The topological polar surface area (TPSA) is 49.8 Å². The van der Waals surface area contributed by atoms with Crippen LogP contribution >= 0.6 is 0 Å². The molecule has 4 nitrogen and oxygen atoms in total. The maximum atomic E-state index is 11.8. The highest BCUT2D eigenvalue weighted by Gasteiger charge is 2.29. The van der Waals surface area contributed by atoms with Gasteiger partial charge in [-0.15, -0.1) is 0 Å². The maximum absolute atomic E-state index is 11.8. The molecule has 0 unspecified atom stereocenters. The molecule has 0 spiro atoms. The second-order valence-corrected chi connectivity index (χ2v) is 5.78. The minimum absolute atomic E-state index is 0.0189. The van der Waals surface area contributed by atoms with E-state index in [0.717, 1.165) is 0 Å². The van der Waals surface area contributed by atoms with Gasteiger partial charge in [0.25, 0.3) is 0 Å². The van der Waals surface area contributed by atoms with Crippen molar-refractivity contribution in [1.29, 1.82) is 0 Å². The quantitative estimate of drug-likeness (QED) is 0.773. The average Bonchev–Trinajstić information content (AvgIpc) is 2.13. The third-order valence-electron chi connectivity index (χ3n) is 2.82. The second-order valence-electron chi connectivity index (χ2n) is 5.78. The van der Waals surface area contributed by atoms with Crippen LogP contribution in [0.3, 0.4) is 0 Å². The van der Waals surface area contributed by atoms with Gasteiger partial charge in [-0.3, -0.25) is 4.79 Å². The lowest BCUT2D eigenvalue weighted by Gasteiger charge is -2.36. The largest absolute Gasteiger partial charge is 0.390 e. The normalized spacial score (nSPS) is 20.9. The van der Waals surface area contributed by atoms with Crippen LogP contribution in [0.1, 0.15) is 40.5 Å². The Kier molecular flexibility index (Phi) is 3.97. The van der Waals surface area contributed by atoms with Crippen LogP contribution in [0.2, 0.25) is 0 Å². The van der Waals surface area contributed by atoms with E-state index < -0.39 is 5.60 Å². The standard InChI is InChI=1S/C12H23NO3/c1-11(2,3)16-9-10(14)13-7-5-12(4,15)6-8-13/h15H,5-9H2,1-4H3. The van der Waals surface area contributed by atoms with Gasteiger partial charge in [0.2, 0.25) is 5.91 Å². The molecule has 1 fully saturated rings. The first-order valence-corrected chi connectivity index (χ1v) is 5.84. The van der Waals surface area contributed by atoms with Gasteiger partial charge >= 0.3 is 0 Å². The van der Waals surface area contributed by atoms with Gasteiger partial charge in [-0.25, -0.2) is 0 Å². The van der Waals surface area contributed by atoms with Crippen molar-refractivity contribution in [3.8, 4) is 0 Å². The van der Waals surface area contributed by atoms with Crippen molar-refractivity contribution in [2.24, 2.45) is 0 Å². The van der Waals surface area contributed by atoms with E-state index >= 15 is 0 Å². The lowest BCUT2D eigenvalue weighted by molar-refractivity contribution is -0.144. The first-order valence-electron chi connectivity index (χ1n) is 5.84. The fourth-order valence-corrected chi connectivity index (χ4v) is 1.61. The fraction of sp³-hybridized carbons (Fsp3) is 0.917. The number of ether oxygens (including phenoxy) is 1. The predicted octanol–water partition coefficient (Wildman–Crippen LogP) is 1.17. The molecule has 0 saturated carbocycles. The Morgan fingerprint density at radius 2 is 1.88 bits per heavy atom. The number of aliphatic hydroxyl groups is 1. The Hall–Kier alpha value is -0.610. The minimum Gasteiger partial charge on any atom is -0.390 e. The van der Waals surface area contributed by atoms with Gasteiger partial charge in [-0.2, -0.15) is 0 Å². The zero-order chi connectivity index (χ0) is 12.4. The Bertz CT molecular complexity index is 245. The van der Waals surface area contributed by atoms with Crippen molar-refractivity contribution in [3.05, 3.63) is 0 Å². The third kappa shape index (κ3) is 4.49. The van der Waals surface area contributed by atoms with Gasteiger partial charge < -0.3 is 14.7 Å². The molecule has 0 aliphatic carbocycles. The molecule has 1 aliphatic heterocycles. The van der Waals surface area contributed by atoms with Crippen molar-refractivity contribution in [1.82, 2.24) is 4.90 Å². The highest BCUT2D eigenvalue weighted by atomic mass is 16.5. The molecule has 1 aliphatic rings. The molecule has 0 aromatic rings. The molecule has 1 amide bonds. The van der Waals surface area contributed by atoms with Crippen LogP contribution in [0.5, 0.6) is 0 Å². The van der Waals surface area contributed by atoms with Gasteiger partial charge in [0, 0.05) is 13.1 Å². The van der Waals surface area contributed by atoms with Crippen LogP contribution in [0.4, 0.5) is 0 Å². The summed E-state index contributed by atoms with van der Waals surface area (Å²) < 4.78 is 5.44. The third-order valence-corrected chi connectivity index (χ3v) is 2.82. The van der Waals surface area contributed by atoms with Crippen LogP contribution in [-0.2, 0) is 9.53 Å². The van der Waals surface area contributed by atoms with E-state index in [4.69, 9.17) is 4.74 Å². The average molecular weight is 229 g/mol. The van der Waals surface area contributed by atoms with Crippen molar-refractivity contribution in [3.63, 3.8) is 0 Å². The Labute approximate surface area is 97.6 Å². The molecule has 94 valence electrons. The van der Waals surface area contributed by atoms with E-state index in [-0.39, 0.29) is 18.1 Å². The Balaban J connectivity index is 2.34. The minimum atomic E-state index is -0.609. The van der Waals surface area contributed by atoms with Crippen molar-refractivity contribution in [2.45, 2.75) is 51.7 Å². The first-order chi connectivity index (χ1) is 7.20. The number of piperidine rings is 1. The molecule has 1 N–H and O–H groups in total. The number of hydrogen-bond donors (Lipinski definition) is 1. The summed E-state index contributed by atoms with van der Waals surface area (Å²) in [4.78, 5) is 13.5. The molecule has 0 atom stereocenters. The van der Waals surface area contributed by atoms with Crippen LogP contribution in [0, 0.1) is 0 Å². The molecule has 0 radical (unpaired) electrons. The number of carbonyl (C=O) groups is 1. The zero-order valence-electron chi connectivity index (χ0n) is 10.7. The summed E-state index contributed by atoms with van der Waals surface area (Å²) >= 11 is 0. The van der Waals surface area contributed by atoms with E-state index in [1.165, 1.54) is 0 Å². The molecule has 16 heavy (non-hydrogen) atoms. The molecule has 4 heteroatoms. The molecule has 1 rings (SSSR count). The van der Waals surface area contributed by atoms with E-state index in [9.17, 15) is 9.90 Å². The monoisotopic (exact) mass is 229 g/mol. The number of nitrogens with zero attached hydrogens (tertiary/aromatic N) is 1. The maximum Gasteiger partial charge on any atom is 0.248 e. The smallest absolute Gasteiger partial charge is 0.248 e. The van der Waals surface area contributed by atoms with Gasteiger partial charge in [0.1, 0.15) is 6.61 Å². The molecule has 0 aromatic carbocycles. The van der Waals surface area contributed by atoms with Crippen LogP contribution < -0.4 is 0 Å². The van der Waals surface area contributed by atoms with E-state index in [1.54, 1.807) is 4.90 Å². The highest BCUT2D eigenvalue weighted by molar-refractivity contribution is 5.77. The van der Waals surface area contributed by atoms with Crippen molar-refractivity contribution < 1.29 is 14.6 Å². The number of likely N-dealkylation sites (tertiary alicyclic amines) is 1. The predicted molar refractivity (Wildman–Crippen MR) is 62.1 cm³/mol. The molecular weight excluding hydrogens is 206 g/mol. The van der Waals surface area contributed by atoms with E-state index in [0.29, 0.717) is 25.9 Å². The summed E-state index contributed by atoms with van der Waals surface area (Å²) in [5.74, 6) is 0.0189. The number of rotatable bonds is 2. The van der Waals surface area contributed by atoms with E-state index in [2.05, 4.69) is 0 Å². The summed E-state index contributed by atoms with van der Waals surface area (Å²) in [5.41, 5.74) is -0.890. The highest BCUT2D eigenvalue weighted by Crippen LogP contribution is 2.21. The molecular formula is C12H23NO3. The van der Waals surface area contributed by atoms with Crippen molar-refractivity contribution in [2.75, 3.05) is 19.7 Å². The van der Waals surface area contributed by atoms with Crippen LogP contribution in [0.25, 0.3) is 0 Å². The second kappa shape index (κ2) is 4.72. The molecule has 0 bridgehead atoms. The number of hydrogen-bond acceptors (Lipinski definition) is 3. The summed E-state index contributed by atoms with van der Waals surface area (Å²) in [6.45, 7) is 8.99. The number of amides is 1. The Morgan fingerprint density at radius 3 is 2.31 bits per heavy atom. The van der Waals surface area contributed by atoms with Crippen molar-refractivity contribution >= 4 is 5.91 Å². The lowest BCUT2D eigenvalue weighted by Crippen LogP contribution is -2.46. The molecule has 0 aromatic heterocycles. The van der Waals surface area contributed by atoms with Crippen LogP contribution in [0.15, 0.2) is 0 Å². The van der Waals surface area contributed by atoms with E-state index in [1.807, 2.05) is 27.7 Å². The van der Waals surface area contributed by atoms with Crippen LogP contribution in [-0.4, -0.2) is 46.8 Å². The Morgan fingerprint density at radius 1 is 1.38 bits per heavy atom. The summed E-state index contributed by atoms with van der Waals surface area (Å²) in [5, 5.41) is 9.76. The number of carbonyl (C=O) groups excluding carboxylic acids is 1. The van der Waals surface area contributed by atoms with Gasteiger partial charge in [-0.1, -0.05) is 0 Å². The SMILES string of the molecule is CC1(O)CCN(C(=O)COC(C)(C)C)CC1. The lowest BCUT2D eigenvalue weighted by atomic mass is 9.94. The summed E-state index contributed by atoms with van der Waals surface area (Å²) in [6.07, 6.45) is 1.29. The summed E-state index contributed by atoms with van der Waals surface area (Å²) in [6, 6.07) is 0. The fourth-order valence-electron chi connectivity index (χ4n) is 1.61.